The molecule has 0 radical (unpaired) electrons. The zero-order valence-corrected chi connectivity index (χ0v) is 22.9. The van der Waals surface area contributed by atoms with Crippen molar-refractivity contribution in [2.45, 2.75) is 85.6 Å². The molecule has 3 rings (SSSR count). The molecule has 2 fully saturated rings. The maximum absolute atomic E-state index is 14.0. The van der Waals surface area contributed by atoms with Crippen molar-refractivity contribution in [3.05, 3.63) is 15.8 Å². The number of rotatable bonds is 6. The van der Waals surface area contributed by atoms with Crippen molar-refractivity contribution in [1.29, 1.82) is 0 Å². The van der Waals surface area contributed by atoms with Crippen LogP contribution in [-0.2, 0) is 14.3 Å². The van der Waals surface area contributed by atoms with Crippen LogP contribution in [0, 0.1) is 29.1 Å². The Balaban J connectivity index is 2.00. The Bertz CT molecular complexity index is 983. The second-order valence-corrected chi connectivity index (χ2v) is 12.2. The van der Waals surface area contributed by atoms with Crippen molar-refractivity contribution >= 4 is 34.8 Å². The van der Waals surface area contributed by atoms with E-state index in [-0.39, 0.29) is 35.6 Å². The fraction of sp³-hybridized carbons (Fsp3) is 0.679. The van der Waals surface area contributed by atoms with Crippen LogP contribution in [0.5, 0.6) is 0 Å². The van der Waals surface area contributed by atoms with E-state index in [2.05, 4.69) is 18.8 Å². The standard InChI is InChI=1S/C28H40N2O4S/c1-19-9-11-21(12-10-19)26(32)30(20(2)17-24(31)29-15-7-8-16-29)23-18-22(13-14-28(3,4)5)35-25(23)27(33)34-6/h18-21H,7-12,15-17H2,1-6H3. The molecular weight excluding hydrogens is 460 g/mol. The number of methoxy groups -OCH3 is 1. The minimum Gasteiger partial charge on any atom is -0.465 e. The number of esters is 1. The zero-order chi connectivity index (χ0) is 25.8. The van der Waals surface area contributed by atoms with Crippen LogP contribution in [0.4, 0.5) is 5.69 Å². The summed E-state index contributed by atoms with van der Waals surface area (Å²) in [6.07, 6.45) is 5.97. The van der Waals surface area contributed by atoms with Crippen molar-refractivity contribution in [3.8, 4) is 11.8 Å². The average Bonchev–Trinajstić information content (AvgIpc) is 3.48. The highest BCUT2D eigenvalue weighted by Gasteiger charge is 2.36. The molecule has 1 aliphatic heterocycles. The molecule has 0 bridgehead atoms. The van der Waals surface area contributed by atoms with Gasteiger partial charge in [-0.1, -0.05) is 18.8 Å². The van der Waals surface area contributed by atoms with Gasteiger partial charge in [-0.3, -0.25) is 9.59 Å². The largest absolute Gasteiger partial charge is 0.465 e. The number of hydrogen-bond acceptors (Lipinski definition) is 5. The first-order chi connectivity index (χ1) is 16.5. The van der Waals surface area contributed by atoms with E-state index in [0.717, 1.165) is 51.6 Å². The fourth-order valence-corrected chi connectivity index (χ4v) is 5.75. The number of anilines is 1. The Labute approximate surface area is 214 Å². The molecule has 1 aromatic rings. The summed E-state index contributed by atoms with van der Waals surface area (Å²) in [5.74, 6) is 6.48. The summed E-state index contributed by atoms with van der Waals surface area (Å²) in [5.41, 5.74) is 0.324. The van der Waals surface area contributed by atoms with Crippen LogP contribution in [0.25, 0.3) is 0 Å². The first-order valence-corrected chi connectivity index (χ1v) is 13.7. The van der Waals surface area contributed by atoms with Gasteiger partial charge in [-0.25, -0.2) is 4.79 Å². The molecule has 2 aliphatic rings. The molecule has 6 nitrogen and oxygen atoms in total. The third-order valence-electron chi connectivity index (χ3n) is 6.88. The van der Waals surface area contributed by atoms with Gasteiger partial charge in [0.2, 0.25) is 11.8 Å². The highest BCUT2D eigenvalue weighted by molar-refractivity contribution is 7.15. The highest BCUT2D eigenvalue weighted by Crippen LogP contribution is 2.37. The molecule has 1 saturated heterocycles. The van der Waals surface area contributed by atoms with Crippen LogP contribution in [0.15, 0.2) is 6.07 Å². The number of nitrogens with zero attached hydrogens (tertiary/aromatic N) is 2. The topological polar surface area (TPSA) is 66.9 Å². The second-order valence-electron chi connectivity index (χ2n) is 11.1. The first-order valence-electron chi connectivity index (χ1n) is 12.9. The lowest BCUT2D eigenvalue weighted by Gasteiger charge is -2.35. The van der Waals surface area contributed by atoms with Crippen molar-refractivity contribution in [3.63, 3.8) is 0 Å². The predicted octanol–water partition coefficient (Wildman–Crippen LogP) is 5.49. The Morgan fingerprint density at radius 2 is 1.80 bits per heavy atom. The number of amides is 2. The molecule has 1 aliphatic carbocycles. The SMILES string of the molecule is COC(=O)c1sc(C#CC(C)(C)C)cc1N(C(=O)C1CCC(C)CC1)C(C)CC(=O)N1CCCC1. The van der Waals surface area contributed by atoms with Gasteiger partial charge in [0.1, 0.15) is 4.88 Å². The maximum atomic E-state index is 14.0. The molecule has 0 spiro atoms. The molecule has 1 atom stereocenters. The Morgan fingerprint density at radius 3 is 2.37 bits per heavy atom. The number of hydrogen-bond donors (Lipinski definition) is 0. The average molecular weight is 501 g/mol. The van der Waals surface area contributed by atoms with Gasteiger partial charge in [-0.05, 0) is 78.2 Å². The quantitative estimate of drug-likeness (QED) is 0.383. The molecule has 2 heterocycles. The maximum Gasteiger partial charge on any atom is 0.350 e. The number of thiophene rings is 1. The van der Waals surface area contributed by atoms with E-state index in [1.54, 1.807) is 4.90 Å². The van der Waals surface area contributed by atoms with Crippen molar-refractivity contribution in [2.24, 2.45) is 17.3 Å². The Kier molecular flexibility index (Phi) is 9.04. The van der Waals surface area contributed by atoms with Crippen molar-refractivity contribution in [1.82, 2.24) is 4.90 Å². The summed E-state index contributed by atoms with van der Waals surface area (Å²) in [7, 11) is 1.35. The van der Waals surface area contributed by atoms with Crippen LogP contribution in [0.1, 0.15) is 94.1 Å². The molecular formula is C28H40N2O4S. The molecule has 1 unspecified atom stereocenters. The monoisotopic (exact) mass is 500 g/mol. The third kappa shape index (κ3) is 7.10. The van der Waals surface area contributed by atoms with E-state index in [0.29, 0.717) is 21.4 Å². The van der Waals surface area contributed by atoms with Gasteiger partial charge in [-0.15, -0.1) is 11.3 Å². The molecule has 7 heteroatoms. The normalized spacial score (nSPS) is 21.1. The molecule has 0 aromatic carbocycles. The summed E-state index contributed by atoms with van der Waals surface area (Å²) >= 11 is 1.25. The highest BCUT2D eigenvalue weighted by atomic mass is 32.1. The summed E-state index contributed by atoms with van der Waals surface area (Å²) in [4.78, 5) is 44.4. The Hall–Kier alpha value is -2.33. The lowest BCUT2D eigenvalue weighted by atomic mass is 9.82. The Morgan fingerprint density at radius 1 is 1.17 bits per heavy atom. The molecule has 1 saturated carbocycles. The van der Waals surface area contributed by atoms with Gasteiger partial charge in [0, 0.05) is 36.9 Å². The van der Waals surface area contributed by atoms with E-state index in [9.17, 15) is 14.4 Å². The van der Waals surface area contributed by atoms with Crippen molar-refractivity contribution < 1.29 is 19.1 Å². The zero-order valence-electron chi connectivity index (χ0n) is 22.1. The van der Waals surface area contributed by atoms with Crippen LogP contribution in [0.3, 0.4) is 0 Å². The van der Waals surface area contributed by atoms with Gasteiger partial charge < -0.3 is 14.5 Å². The predicted molar refractivity (Wildman–Crippen MR) is 140 cm³/mol. The molecule has 2 amide bonds. The lowest BCUT2D eigenvalue weighted by Crippen LogP contribution is -2.46. The smallest absolute Gasteiger partial charge is 0.350 e. The molecule has 192 valence electrons. The summed E-state index contributed by atoms with van der Waals surface area (Å²) in [5, 5.41) is 0. The van der Waals surface area contributed by atoms with Gasteiger partial charge >= 0.3 is 5.97 Å². The van der Waals surface area contributed by atoms with E-state index < -0.39 is 5.97 Å². The first kappa shape index (κ1) is 27.3. The number of carbonyl (C=O) groups is 3. The van der Waals surface area contributed by atoms with E-state index in [1.165, 1.54) is 18.4 Å². The van der Waals surface area contributed by atoms with Gasteiger partial charge in [-0.2, -0.15) is 0 Å². The lowest BCUT2D eigenvalue weighted by molar-refractivity contribution is -0.130. The van der Waals surface area contributed by atoms with Gasteiger partial charge in [0.05, 0.1) is 17.7 Å². The van der Waals surface area contributed by atoms with E-state index in [1.807, 2.05) is 38.7 Å². The van der Waals surface area contributed by atoms with Crippen molar-refractivity contribution in [2.75, 3.05) is 25.1 Å². The number of likely N-dealkylation sites (tertiary alicyclic amines) is 1. The minimum absolute atomic E-state index is 0.00287. The molecule has 1 aromatic heterocycles. The molecule has 0 N–H and O–H groups in total. The van der Waals surface area contributed by atoms with Crippen LogP contribution in [-0.4, -0.2) is 48.9 Å². The minimum atomic E-state index is -0.484. The summed E-state index contributed by atoms with van der Waals surface area (Å²) in [6.45, 7) is 11.8. The van der Waals surface area contributed by atoms with Gasteiger partial charge in [0.25, 0.3) is 0 Å². The molecule has 35 heavy (non-hydrogen) atoms. The summed E-state index contributed by atoms with van der Waals surface area (Å²) in [6, 6.07) is 1.45. The van der Waals surface area contributed by atoms with E-state index in [4.69, 9.17) is 4.74 Å². The number of ether oxygens (including phenoxy) is 1. The van der Waals surface area contributed by atoms with Crippen LogP contribution >= 0.6 is 11.3 Å². The summed E-state index contributed by atoms with van der Waals surface area (Å²) < 4.78 is 5.08. The number of carbonyl (C=O) groups excluding carboxylic acids is 3. The van der Waals surface area contributed by atoms with Crippen LogP contribution in [0.2, 0.25) is 0 Å². The van der Waals surface area contributed by atoms with Gasteiger partial charge in [0.15, 0.2) is 0 Å². The van der Waals surface area contributed by atoms with Crippen LogP contribution < -0.4 is 4.90 Å². The third-order valence-corrected chi connectivity index (χ3v) is 7.90. The second kappa shape index (κ2) is 11.6. The van der Waals surface area contributed by atoms with E-state index >= 15 is 0 Å². The fourth-order valence-electron chi connectivity index (χ4n) is 4.83.